The van der Waals surface area contributed by atoms with Crippen molar-refractivity contribution in [2.75, 3.05) is 33.7 Å². The summed E-state index contributed by atoms with van der Waals surface area (Å²) in [6.45, 7) is 6.91. The largest absolute Gasteiger partial charge is 0.341 e. The number of hydrogen-bond acceptors (Lipinski definition) is 3. The third-order valence-corrected chi connectivity index (χ3v) is 2.96. The number of likely N-dealkylation sites (N-methyl/N-ethyl adjacent to an activating group) is 1. The summed E-state index contributed by atoms with van der Waals surface area (Å²) in [5.74, 6) is 0.253. The maximum absolute atomic E-state index is 12.0. The van der Waals surface area contributed by atoms with E-state index in [-0.39, 0.29) is 11.9 Å². The minimum Gasteiger partial charge on any atom is -0.341 e. The Hall–Kier alpha value is -0.610. The van der Waals surface area contributed by atoms with Gasteiger partial charge in [0.25, 0.3) is 0 Å². The van der Waals surface area contributed by atoms with E-state index >= 15 is 0 Å². The Kier molecular flexibility index (Phi) is 5.22. The predicted molar refractivity (Wildman–Crippen MR) is 66.4 cm³/mol. The highest BCUT2D eigenvalue weighted by Crippen LogP contribution is 2.09. The van der Waals surface area contributed by atoms with Gasteiger partial charge in [0, 0.05) is 25.7 Å². The van der Waals surface area contributed by atoms with Crippen LogP contribution in [0.2, 0.25) is 0 Å². The van der Waals surface area contributed by atoms with Crippen molar-refractivity contribution >= 4 is 5.91 Å². The van der Waals surface area contributed by atoms with E-state index in [0.29, 0.717) is 6.04 Å². The Bertz CT molecular complexity index is 224. The molecule has 4 heteroatoms. The predicted octanol–water partition coefficient (Wildman–Crippen LogP) is 0.537. The third-order valence-electron chi connectivity index (χ3n) is 2.96. The van der Waals surface area contributed by atoms with E-state index in [0.717, 1.165) is 32.5 Å². The molecule has 0 aromatic carbocycles. The molecule has 2 unspecified atom stereocenters. The fraction of sp³-hybridized carbons (Fsp3) is 0.917. The topological polar surface area (TPSA) is 35.6 Å². The van der Waals surface area contributed by atoms with E-state index in [4.69, 9.17) is 0 Å². The second-order valence-corrected chi connectivity index (χ2v) is 5.08. The molecule has 0 aromatic heterocycles. The molecule has 2 atom stereocenters. The lowest BCUT2D eigenvalue weighted by molar-refractivity contribution is -0.132. The van der Waals surface area contributed by atoms with Gasteiger partial charge in [-0.2, -0.15) is 0 Å². The second-order valence-electron chi connectivity index (χ2n) is 5.08. The van der Waals surface area contributed by atoms with Gasteiger partial charge in [0.1, 0.15) is 0 Å². The van der Waals surface area contributed by atoms with Gasteiger partial charge in [-0.15, -0.1) is 0 Å². The van der Waals surface area contributed by atoms with Gasteiger partial charge in [-0.3, -0.25) is 4.79 Å². The van der Waals surface area contributed by atoms with Crippen LogP contribution in [0.5, 0.6) is 0 Å². The van der Waals surface area contributed by atoms with Crippen LogP contribution in [0, 0.1) is 0 Å². The van der Waals surface area contributed by atoms with Gasteiger partial charge < -0.3 is 15.1 Å². The molecule has 1 N–H and O–H groups in total. The zero-order chi connectivity index (χ0) is 12.1. The molecule has 1 saturated heterocycles. The number of amides is 1. The minimum absolute atomic E-state index is 0.0620. The summed E-state index contributed by atoms with van der Waals surface area (Å²) < 4.78 is 0. The molecule has 0 radical (unpaired) electrons. The Morgan fingerprint density at radius 2 is 1.88 bits per heavy atom. The van der Waals surface area contributed by atoms with Crippen LogP contribution in [0.25, 0.3) is 0 Å². The van der Waals surface area contributed by atoms with Gasteiger partial charge >= 0.3 is 0 Å². The van der Waals surface area contributed by atoms with Gasteiger partial charge in [0.15, 0.2) is 0 Å². The summed E-state index contributed by atoms with van der Waals surface area (Å²) in [4.78, 5) is 16.1. The molecule has 1 fully saturated rings. The standard InChI is InChI=1S/C12H25N3O/c1-10(9-14(3)4)13-11(2)12(16)15-7-5-6-8-15/h10-11,13H,5-9H2,1-4H3. The fourth-order valence-electron chi connectivity index (χ4n) is 2.31. The summed E-state index contributed by atoms with van der Waals surface area (Å²) in [6.07, 6.45) is 2.32. The summed E-state index contributed by atoms with van der Waals surface area (Å²) in [5.41, 5.74) is 0. The molecule has 1 rings (SSSR count). The average molecular weight is 227 g/mol. The summed E-state index contributed by atoms with van der Waals surface area (Å²) in [5, 5.41) is 3.35. The molecule has 0 aliphatic carbocycles. The van der Waals surface area contributed by atoms with Crippen molar-refractivity contribution < 1.29 is 4.79 Å². The SMILES string of the molecule is CC(CN(C)C)NC(C)C(=O)N1CCCC1. The molecule has 16 heavy (non-hydrogen) atoms. The van der Waals surface area contributed by atoms with E-state index in [9.17, 15) is 4.79 Å². The first-order valence-corrected chi connectivity index (χ1v) is 6.20. The highest BCUT2D eigenvalue weighted by molar-refractivity contribution is 5.81. The highest BCUT2D eigenvalue weighted by atomic mass is 16.2. The van der Waals surface area contributed by atoms with Gasteiger partial charge in [-0.25, -0.2) is 0 Å². The van der Waals surface area contributed by atoms with E-state index in [1.54, 1.807) is 0 Å². The number of nitrogens with one attached hydrogen (secondary N) is 1. The lowest BCUT2D eigenvalue weighted by Crippen LogP contribution is -2.49. The second kappa shape index (κ2) is 6.21. The van der Waals surface area contributed by atoms with E-state index < -0.39 is 0 Å². The van der Waals surface area contributed by atoms with Crippen LogP contribution in [0.3, 0.4) is 0 Å². The van der Waals surface area contributed by atoms with Crippen molar-refractivity contribution in [1.29, 1.82) is 0 Å². The minimum atomic E-state index is -0.0620. The number of nitrogens with zero attached hydrogens (tertiary/aromatic N) is 2. The molecule has 0 aromatic rings. The lowest BCUT2D eigenvalue weighted by Gasteiger charge is -2.25. The van der Waals surface area contributed by atoms with Crippen molar-refractivity contribution in [3.63, 3.8) is 0 Å². The molecule has 94 valence electrons. The normalized spacial score (nSPS) is 20.2. The van der Waals surface area contributed by atoms with Crippen molar-refractivity contribution in [3.05, 3.63) is 0 Å². The molecule has 4 nitrogen and oxygen atoms in total. The molecule has 1 amide bonds. The zero-order valence-corrected chi connectivity index (χ0v) is 11.0. The molecule has 1 aliphatic heterocycles. The number of hydrogen-bond donors (Lipinski definition) is 1. The Balaban J connectivity index is 2.32. The Morgan fingerprint density at radius 3 is 2.38 bits per heavy atom. The molecular weight excluding hydrogens is 202 g/mol. The maximum Gasteiger partial charge on any atom is 0.239 e. The average Bonchev–Trinajstić information content (AvgIpc) is 2.67. The monoisotopic (exact) mass is 227 g/mol. The molecule has 1 heterocycles. The van der Waals surface area contributed by atoms with Crippen LogP contribution in [0.4, 0.5) is 0 Å². The van der Waals surface area contributed by atoms with Crippen molar-refractivity contribution in [2.45, 2.75) is 38.8 Å². The number of carbonyl (C=O) groups excluding carboxylic acids is 1. The first-order valence-electron chi connectivity index (χ1n) is 6.20. The van der Waals surface area contributed by atoms with Crippen LogP contribution in [0.15, 0.2) is 0 Å². The van der Waals surface area contributed by atoms with Crippen LogP contribution in [-0.2, 0) is 4.79 Å². The molecule has 0 spiro atoms. The van der Waals surface area contributed by atoms with Crippen molar-refractivity contribution in [2.24, 2.45) is 0 Å². The molecular formula is C12H25N3O. The number of rotatable bonds is 5. The van der Waals surface area contributed by atoms with Gasteiger partial charge in [0.2, 0.25) is 5.91 Å². The Labute approximate surface area is 99.0 Å². The summed E-state index contributed by atoms with van der Waals surface area (Å²) >= 11 is 0. The maximum atomic E-state index is 12.0. The highest BCUT2D eigenvalue weighted by Gasteiger charge is 2.23. The summed E-state index contributed by atoms with van der Waals surface area (Å²) in [6, 6.07) is 0.282. The first-order chi connectivity index (χ1) is 7.50. The van der Waals surface area contributed by atoms with E-state index in [1.165, 1.54) is 0 Å². The van der Waals surface area contributed by atoms with Crippen LogP contribution in [-0.4, -0.2) is 61.5 Å². The van der Waals surface area contributed by atoms with Crippen molar-refractivity contribution in [3.8, 4) is 0 Å². The van der Waals surface area contributed by atoms with Crippen LogP contribution >= 0.6 is 0 Å². The quantitative estimate of drug-likeness (QED) is 0.744. The Morgan fingerprint density at radius 1 is 1.31 bits per heavy atom. The van der Waals surface area contributed by atoms with Gasteiger partial charge in [0.05, 0.1) is 6.04 Å². The smallest absolute Gasteiger partial charge is 0.239 e. The fourth-order valence-corrected chi connectivity index (χ4v) is 2.31. The van der Waals surface area contributed by atoms with Crippen molar-refractivity contribution in [1.82, 2.24) is 15.1 Å². The van der Waals surface area contributed by atoms with Crippen LogP contribution in [0.1, 0.15) is 26.7 Å². The molecule has 0 bridgehead atoms. The molecule has 1 aliphatic rings. The van der Waals surface area contributed by atoms with Crippen LogP contribution < -0.4 is 5.32 Å². The first kappa shape index (κ1) is 13.5. The lowest BCUT2D eigenvalue weighted by atomic mass is 10.2. The van der Waals surface area contributed by atoms with E-state index in [2.05, 4.69) is 17.1 Å². The number of likely N-dealkylation sites (tertiary alicyclic amines) is 1. The van der Waals surface area contributed by atoms with E-state index in [1.807, 2.05) is 25.9 Å². The van der Waals surface area contributed by atoms with Gasteiger partial charge in [-0.1, -0.05) is 0 Å². The third kappa shape index (κ3) is 4.10. The number of carbonyl (C=O) groups is 1. The summed E-state index contributed by atoms with van der Waals surface area (Å²) in [7, 11) is 4.09. The van der Waals surface area contributed by atoms with Gasteiger partial charge in [-0.05, 0) is 40.8 Å². The molecule has 0 saturated carbocycles. The zero-order valence-electron chi connectivity index (χ0n) is 11.0.